The summed E-state index contributed by atoms with van der Waals surface area (Å²) in [4.78, 5) is 11.0. The van der Waals surface area contributed by atoms with E-state index in [0.717, 1.165) is 11.1 Å². The fraction of sp³-hybridized carbons (Fsp3) is 0.133. The third-order valence-electron chi connectivity index (χ3n) is 2.86. The van der Waals surface area contributed by atoms with E-state index < -0.39 is 5.97 Å². The van der Waals surface area contributed by atoms with Crippen molar-refractivity contribution in [3.8, 4) is 0 Å². The molecule has 0 fully saturated rings. The van der Waals surface area contributed by atoms with Crippen LogP contribution in [0.1, 0.15) is 23.5 Å². The fourth-order valence-corrected chi connectivity index (χ4v) is 2.29. The number of carboxylic acids is 1. The molecule has 1 atom stereocenters. The minimum Gasteiger partial charge on any atom is -0.481 e. The molecule has 0 saturated heterocycles. The predicted octanol–water partition coefficient (Wildman–Crippen LogP) is 3.95. The van der Waals surface area contributed by atoms with E-state index in [1.165, 1.54) is 0 Å². The monoisotopic (exact) mass is 260 g/mol. The summed E-state index contributed by atoms with van der Waals surface area (Å²) in [5.41, 5.74) is 1.82. The van der Waals surface area contributed by atoms with Gasteiger partial charge in [0, 0.05) is 10.9 Å². The van der Waals surface area contributed by atoms with Gasteiger partial charge in [0.2, 0.25) is 0 Å². The van der Waals surface area contributed by atoms with E-state index in [9.17, 15) is 4.79 Å². The number of carbonyl (C=O) groups is 1. The first-order valence-electron chi connectivity index (χ1n) is 5.69. The molecule has 0 spiro atoms. The highest BCUT2D eigenvalue weighted by atomic mass is 35.5. The van der Waals surface area contributed by atoms with Gasteiger partial charge < -0.3 is 5.11 Å². The van der Waals surface area contributed by atoms with E-state index in [2.05, 4.69) is 0 Å². The van der Waals surface area contributed by atoms with Crippen molar-refractivity contribution < 1.29 is 9.90 Å². The lowest BCUT2D eigenvalue weighted by molar-refractivity contribution is -0.137. The first-order chi connectivity index (χ1) is 8.68. The maximum absolute atomic E-state index is 11.0. The topological polar surface area (TPSA) is 37.3 Å². The Hall–Kier alpha value is -1.80. The molecule has 2 aromatic carbocycles. The van der Waals surface area contributed by atoms with Crippen molar-refractivity contribution >= 4 is 17.6 Å². The van der Waals surface area contributed by atoms with Crippen molar-refractivity contribution in [1.29, 1.82) is 0 Å². The molecule has 0 aliphatic heterocycles. The number of rotatable bonds is 4. The minimum absolute atomic E-state index is 0.0355. The van der Waals surface area contributed by atoms with Crippen molar-refractivity contribution in [2.75, 3.05) is 0 Å². The normalized spacial score (nSPS) is 12.1. The Morgan fingerprint density at radius 1 is 1.06 bits per heavy atom. The lowest BCUT2D eigenvalue weighted by Gasteiger charge is -2.17. The largest absolute Gasteiger partial charge is 0.481 e. The van der Waals surface area contributed by atoms with Crippen molar-refractivity contribution in [1.82, 2.24) is 0 Å². The molecule has 0 unspecified atom stereocenters. The molecule has 92 valence electrons. The molecule has 2 rings (SSSR count). The van der Waals surface area contributed by atoms with Crippen LogP contribution in [0.3, 0.4) is 0 Å². The molecule has 3 heteroatoms. The summed E-state index contributed by atoms with van der Waals surface area (Å²) >= 11 is 6.16. The summed E-state index contributed by atoms with van der Waals surface area (Å²) in [6.07, 6.45) is 0.0355. The number of benzene rings is 2. The minimum atomic E-state index is -0.830. The third-order valence-corrected chi connectivity index (χ3v) is 3.21. The number of hydrogen-bond acceptors (Lipinski definition) is 1. The lowest BCUT2D eigenvalue weighted by Crippen LogP contribution is -2.08. The zero-order valence-corrected chi connectivity index (χ0v) is 10.5. The highest BCUT2D eigenvalue weighted by Crippen LogP contribution is 2.32. The van der Waals surface area contributed by atoms with E-state index in [1.807, 2.05) is 48.5 Å². The first kappa shape index (κ1) is 12.7. The Labute approximate surface area is 111 Å². The van der Waals surface area contributed by atoms with Crippen LogP contribution in [0.4, 0.5) is 0 Å². The highest BCUT2D eigenvalue weighted by molar-refractivity contribution is 6.31. The molecule has 0 aliphatic rings. The summed E-state index contributed by atoms with van der Waals surface area (Å²) in [6.45, 7) is 0. The second-order valence-electron chi connectivity index (χ2n) is 4.08. The fourth-order valence-electron chi connectivity index (χ4n) is 2.03. The third kappa shape index (κ3) is 2.90. The van der Waals surface area contributed by atoms with Crippen LogP contribution in [0.2, 0.25) is 5.02 Å². The molecule has 0 aliphatic carbocycles. The molecular formula is C15H13ClO2. The summed E-state index contributed by atoms with van der Waals surface area (Å²) < 4.78 is 0. The average molecular weight is 261 g/mol. The Morgan fingerprint density at radius 2 is 1.67 bits per heavy atom. The van der Waals surface area contributed by atoms with Crippen LogP contribution in [0, 0.1) is 0 Å². The Kier molecular flexibility index (Phi) is 4.00. The van der Waals surface area contributed by atoms with Crippen molar-refractivity contribution in [3.63, 3.8) is 0 Å². The number of hydrogen-bond donors (Lipinski definition) is 1. The lowest BCUT2D eigenvalue weighted by atomic mass is 9.88. The molecule has 2 nitrogen and oxygen atoms in total. The van der Waals surface area contributed by atoms with Crippen molar-refractivity contribution in [2.45, 2.75) is 12.3 Å². The Balaban J connectivity index is 2.44. The Bertz CT molecular complexity index is 537. The number of halogens is 1. The molecule has 0 amide bonds. The van der Waals surface area contributed by atoms with E-state index in [0.29, 0.717) is 5.02 Å². The van der Waals surface area contributed by atoms with Gasteiger partial charge >= 0.3 is 5.97 Å². The molecule has 0 bridgehead atoms. The summed E-state index contributed by atoms with van der Waals surface area (Å²) in [5, 5.41) is 9.66. The van der Waals surface area contributed by atoms with Crippen LogP contribution in [-0.2, 0) is 4.79 Å². The maximum Gasteiger partial charge on any atom is 0.304 e. The molecule has 0 heterocycles. The molecule has 0 radical (unpaired) electrons. The van der Waals surface area contributed by atoms with Crippen molar-refractivity contribution in [3.05, 3.63) is 70.7 Å². The van der Waals surface area contributed by atoms with Gasteiger partial charge in [-0.1, -0.05) is 60.1 Å². The highest BCUT2D eigenvalue weighted by Gasteiger charge is 2.19. The quantitative estimate of drug-likeness (QED) is 0.904. The van der Waals surface area contributed by atoms with E-state index in [4.69, 9.17) is 16.7 Å². The summed E-state index contributed by atoms with van der Waals surface area (Å²) in [5.74, 6) is -1.04. The van der Waals surface area contributed by atoms with Gasteiger partial charge in [-0.3, -0.25) is 4.79 Å². The predicted molar refractivity (Wildman–Crippen MR) is 72.0 cm³/mol. The SMILES string of the molecule is O=C(O)C[C@H](c1ccccc1)c1ccccc1Cl. The van der Waals surface area contributed by atoms with Gasteiger partial charge in [0.05, 0.1) is 6.42 Å². The zero-order valence-electron chi connectivity index (χ0n) is 9.71. The standard InChI is InChI=1S/C15H13ClO2/c16-14-9-5-4-8-12(14)13(10-15(17)18)11-6-2-1-3-7-11/h1-9,13H,10H2,(H,17,18)/t13-/m1/s1. The van der Waals surface area contributed by atoms with Crippen LogP contribution in [0.25, 0.3) is 0 Å². The van der Waals surface area contributed by atoms with Gasteiger partial charge in [-0.25, -0.2) is 0 Å². The smallest absolute Gasteiger partial charge is 0.304 e. The second kappa shape index (κ2) is 5.69. The van der Waals surface area contributed by atoms with E-state index in [-0.39, 0.29) is 12.3 Å². The van der Waals surface area contributed by atoms with Crippen LogP contribution in [0.5, 0.6) is 0 Å². The van der Waals surface area contributed by atoms with E-state index >= 15 is 0 Å². The zero-order chi connectivity index (χ0) is 13.0. The van der Waals surface area contributed by atoms with Gasteiger partial charge in [0.1, 0.15) is 0 Å². The second-order valence-corrected chi connectivity index (χ2v) is 4.49. The van der Waals surface area contributed by atoms with Crippen LogP contribution in [0.15, 0.2) is 54.6 Å². The molecule has 2 aromatic rings. The molecule has 1 N–H and O–H groups in total. The molecule has 18 heavy (non-hydrogen) atoms. The van der Waals surface area contributed by atoms with Crippen LogP contribution < -0.4 is 0 Å². The van der Waals surface area contributed by atoms with Crippen molar-refractivity contribution in [2.24, 2.45) is 0 Å². The van der Waals surface area contributed by atoms with E-state index in [1.54, 1.807) is 6.07 Å². The van der Waals surface area contributed by atoms with Crippen LogP contribution >= 0.6 is 11.6 Å². The molecular weight excluding hydrogens is 248 g/mol. The van der Waals surface area contributed by atoms with Gasteiger partial charge in [0.15, 0.2) is 0 Å². The number of aliphatic carboxylic acids is 1. The Morgan fingerprint density at radius 3 is 2.28 bits per heavy atom. The van der Waals surface area contributed by atoms with Gasteiger partial charge in [0.25, 0.3) is 0 Å². The summed E-state index contributed by atoms with van der Waals surface area (Å²) in [7, 11) is 0. The van der Waals surface area contributed by atoms with Gasteiger partial charge in [-0.05, 0) is 17.2 Å². The van der Waals surface area contributed by atoms with Gasteiger partial charge in [-0.2, -0.15) is 0 Å². The van der Waals surface area contributed by atoms with Gasteiger partial charge in [-0.15, -0.1) is 0 Å². The maximum atomic E-state index is 11.0. The number of carboxylic acid groups (broad SMARTS) is 1. The molecule has 0 aromatic heterocycles. The average Bonchev–Trinajstić information content (AvgIpc) is 2.38. The van der Waals surface area contributed by atoms with Crippen LogP contribution in [-0.4, -0.2) is 11.1 Å². The first-order valence-corrected chi connectivity index (χ1v) is 6.07. The summed E-state index contributed by atoms with van der Waals surface area (Å²) in [6, 6.07) is 17.0. The molecule has 0 saturated carbocycles.